The number of nitrogens with zero attached hydrogens (tertiary/aromatic N) is 1. The van der Waals surface area contributed by atoms with E-state index in [2.05, 4.69) is 12.3 Å². The molecule has 132 valence electrons. The van der Waals surface area contributed by atoms with Crippen molar-refractivity contribution in [3.63, 3.8) is 0 Å². The normalized spacial score (nSPS) is 11.0. The van der Waals surface area contributed by atoms with E-state index in [-0.39, 0.29) is 11.8 Å². The minimum atomic E-state index is -0.553. The van der Waals surface area contributed by atoms with Gasteiger partial charge in [0.25, 0.3) is 11.8 Å². The van der Waals surface area contributed by atoms with Crippen LogP contribution in [0.15, 0.2) is 54.6 Å². The molecule has 2 rings (SSSR count). The van der Waals surface area contributed by atoms with Crippen molar-refractivity contribution in [1.82, 2.24) is 10.4 Å². The number of rotatable bonds is 4. The zero-order valence-electron chi connectivity index (χ0n) is 15.4. The van der Waals surface area contributed by atoms with E-state index in [4.69, 9.17) is 0 Å². The first-order chi connectivity index (χ1) is 11.8. The standard InChI is InChI=1S/C21H26N2O2/c1-5-10-16-11-9-14-18(15-16)20(25)23(21(2,3)4)22-19(24)17-12-7-6-8-13-17/h6-9,11-15H,5,10H2,1-4H3,(H,22,24). The molecule has 0 aliphatic rings. The molecule has 2 aromatic carbocycles. The van der Waals surface area contributed by atoms with Gasteiger partial charge in [-0.2, -0.15) is 0 Å². The average Bonchev–Trinajstić information content (AvgIpc) is 2.59. The van der Waals surface area contributed by atoms with Crippen LogP contribution in [-0.2, 0) is 6.42 Å². The molecule has 0 spiro atoms. The Bertz CT molecular complexity index is 733. The second-order valence-electron chi connectivity index (χ2n) is 7.07. The van der Waals surface area contributed by atoms with Gasteiger partial charge in [-0.25, -0.2) is 5.01 Å². The number of benzene rings is 2. The fraction of sp³-hybridized carbons (Fsp3) is 0.333. The van der Waals surface area contributed by atoms with E-state index in [0.717, 1.165) is 18.4 Å². The first kappa shape index (κ1) is 18.7. The van der Waals surface area contributed by atoms with Gasteiger partial charge in [0, 0.05) is 11.1 Å². The molecule has 4 nitrogen and oxygen atoms in total. The lowest BCUT2D eigenvalue weighted by molar-refractivity contribution is 0.0358. The number of nitrogens with one attached hydrogen (secondary N) is 1. The van der Waals surface area contributed by atoms with Crippen LogP contribution < -0.4 is 5.43 Å². The maximum atomic E-state index is 13.0. The highest BCUT2D eigenvalue weighted by atomic mass is 16.2. The molecular formula is C21H26N2O2. The molecule has 0 aliphatic heterocycles. The lowest BCUT2D eigenvalue weighted by Gasteiger charge is -2.35. The summed E-state index contributed by atoms with van der Waals surface area (Å²) in [4.78, 5) is 25.5. The molecule has 0 saturated carbocycles. The summed E-state index contributed by atoms with van der Waals surface area (Å²) in [5.74, 6) is -0.511. The summed E-state index contributed by atoms with van der Waals surface area (Å²) in [5, 5.41) is 1.41. The number of hydrogen-bond acceptors (Lipinski definition) is 2. The van der Waals surface area contributed by atoms with Crippen molar-refractivity contribution < 1.29 is 9.59 Å². The van der Waals surface area contributed by atoms with E-state index >= 15 is 0 Å². The van der Waals surface area contributed by atoms with Gasteiger partial charge in [-0.05, 0) is 57.0 Å². The van der Waals surface area contributed by atoms with Gasteiger partial charge in [-0.15, -0.1) is 0 Å². The van der Waals surface area contributed by atoms with E-state index in [0.29, 0.717) is 11.1 Å². The van der Waals surface area contributed by atoms with E-state index in [1.807, 2.05) is 45.0 Å². The van der Waals surface area contributed by atoms with Crippen LogP contribution in [0, 0.1) is 0 Å². The molecule has 0 unspecified atom stereocenters. The first-order valence-corrected chi connectivity index (χ1v) is 8.62. The van der Waals surface area contributed by atoms with Gasteiger partial charge < -0.3 is 0 Å². The summed E-state index contributed by atoms with van der Waals surface area (Å²) in [5.41, 5.74) is 4.43. The monoisotopic (exact) mass is 338 g/mol. The molecule has 0 heterocycles. The summed E-state index contributed by atoms with van der Waals surface area (Å²) in [6.45, 7) is 7.79. The van der Waals surface area contributed by atoms with Crippen LogP contribution >= 0.6 is 0 Å². The second-order valence-corrected chi connectivity index (χ2v) is 7.07. The topological polar surface area (TPSA) is 49.4 Å². The summed E-state index contributed by atoms with van der Waals surface area (Å²) >= 11 is 0. The van der Waals surface area contributed by atoms with Gasteiger partial charge >= 0.3 is 0 Å². The van der Waals surface area contributed by atoms with Gasteiger partial charge in [-0.3, -0.25) is 15.0 Å². The highest BCUT2D eigenvalue weighted by molar-refractivity contribution is 5.99. The zero-order valence-corrected chi connectivity index (χ0v) is 15.4. The number of amides is 2. The summed E-state index contributed by atoms with van der Waals surface area (Å²) in [6.07, 6.45) is 1.94. The number of hydrazine groups is 1. The molecule has 0 saturated heterocycles. The van der Waals surface area contributed by atoms with Gasteiger partial charge in [-0.1, -0.05) is 43.7 Å². The molecule has 0 bridgehead atoms. The van der Waals surface area contributed by atoms with Gasteiger partial charge in [0.1, 0.15) is 0 Å². The molecule has 4 heteroatoms. The van der Waals surface area contributed by atoms with Crippen LogP contribution in [0.1, 0.15) is 60.4 Å². The third-order valence-electron chi connectivity index (χ3n) is 3.84. The fourth-order valence-electron chi connectivity index (χ4n) is 2.56. The Balaban J connectivity index is 2.27. The number of aryl methyl sites for hydroxylation is 1. The quantitative estimate of drug-likeness (QED) is 0.848. The number of carbonyl (C=O) groups excluding carboxylic acids is 2. The maximum Gasteiger partial charge on any atom is 0.272 e. The van der Waals surface area contributed by atoms with Crippen LogP contribution in [0.4, 0.5) is 0 Å². The third-order valence-corrected chi connectivity index (χ3v) is 3.84. The third kappa shape index (κ3) is 4.92. The number of carbonyl (C=O) groups is 2. The predicted octanol–water partition coefficient (Wildman–Crippen LogP) is 4.22. The van der Waals surface area contributed by atoms with E-state index in [1.54, 1.807) is 30.3 Å². The first-order valence-electron chi connectivity index (χ1n) is 8.62. The lowest BCUT2D eigenvalue weighted by Crippen LogP contribution is -2.55. The Labute approximate surface area is 149 Å². The Hall–Kier alpha value is -2.62. The van der Waals surface area contributed by atoms with Crippen molar-refractivity contribution in [2.24, 2.45) is 0 Å². The molecule has 0 aliphatic carbocycles. The summed E-state index contributed by atoms with van der Waals surface area (Å²) < 4.78 is 0. The summed E-state index contributed by atoms with van der Waals surface area (Å²) in [7, 11) is 0. The zero-order chi connectivity index (χ0) is 18.4. The van der Waals surface area contributed by atoms with Gasteiger partial charge in [0.15, 0.2) is 0 Å². The van der Waals surface area contributed by atoms with Crippen molar-refractivity contribution in [2.75, 3.05) is 0 Å². The Morgan fingerprint density at radius 2 is 1.60 bits per heavy atom. The molecule has 25 heavy (non-hydrogen) atoms. The Kier molecular flexibility index (Phi) is 5.97. The highest BCUT2D eigenvalue weighted by Gasteiger charge is 2.29. The molecule has 2 amide bonds. The predicted molar refractivity (Wildman–Crippen MR) is 100 cm³/mol. The largest absolute Gasteiger partial charge is 0.272 e. The molecule has 0 atom stereocenters. The van der Waals surface area contributed by atoms with Crippen LogP contribution in [-0.4, -0.2) is 22.4 Å². The van der Waals surface area contributed by atoms with Crippen molar-refractivity contribution in [3.8, 4) is 0 Å². The molecule has 0 radical (unpaired) electrons. The van der Waals surface area contributed by atoms with Crippen LogP contribution in [0.25, 0.3) is 0 Å². The molecule has 1 N–H and O–H groups in total. The number of hydrogen-bond donors (Lipinski definition) is 1. The van der Waals surface area contributed by atoms with Crippen molar-refractivity contribution >= 4 is 11.8 Å². The van der Waals surface area contributed by atoms with Crippen LogP contribution in [0.2, 0.25) is 0 Å². The van der Waals surface area contributed by atoms with Crippen molar-refractivity contribution in [1.29, 1.82) is 0 Å². The average molecular weight is 338 g/mol. The van der Waals surface area contributed by atoms with Crippen LogP contribution in [0.5, 0.6) is 0 Å². The smallest absolute Gasteiger partial charge is 0.267 e. The molecule has 0 fully saturated rings. The van der Waals surface area contributed by atoms with Gasteiger partial charge in [0.2, 0.25) is 0 Å². The Morgan fingerprint density at radius 3 is 2.20 bits per heavy atom. The SMILES string of the molecule is CCCc1cccc(C(=O)N(NC(=O)c2ccccc2)C(C)(C)C)c1. The van der Waals surface area contributed by atoms with Crippen molar-refractivity contribution in [2.45, 2.75) is 46.1 Å². The van der Waals surface area contributed by atoms with E-state index in [9.17, 15) is 9.59 Å². The maximum absolute atomic E-state index is 13.0. The molecular weight excluding hydrogens is 312 g/mol. The molecule has 2 aromatic rings. The van der Waals surface area contributed by atoms with Crippen molar-refractivity contribution in [3.05, 3.63) is 71.3 Å². The van der Waals surface area contributed by atoms with E-state index < -0.39 is 5.54 Å². The fourth-order valence-corrected chi connectivity index (χ4v) is 2.56. The minimum Gasteiger partial charge on any atom is -0.267 e. The van der Waals surface area contributed by atoms with E-state index in [1.165, 1.54) is 5.01 Å². The van der Waals surface area contributed by atoms with Crippen LogP contribution in [0.3, 0.4) is 0 Å². The Morgan fingerprint density at radius 1 is 0.960 bits per heavy atom. The second kappa shape index (κ2) is 7.97. The van der Waals surface area contributed by atoms with Gasteiger partial charge in [0.05, 0.1) is 5.54 Å². The lowest BCUT2D eigenvalue weighted by atomic mass is 10.0. The summed E-state index contributed by atoms with van der Waals surface area (Å²) in [6, 6.07) is 16.5. The minimum absolute atomic E-state index is 0.213. The highest BCUT2D eigenvalue weighted by Crippen LogP contribution is 2.17. The molecule has 0 aromatic heterocycles.